The first-order valence-corrected chi connectivity index (χ1v) is 6.83. The monoisotopic (exact) mass is 239 g/mol. The molecule has 0 aliphatic carbocycles. The molecular weight excluding hydrogens is 222 g/mol. The van der Waals surface area contributed by atoms with Crippen molar-refractivity contribution in [1.29, 1.82) is 0 Å². The number of nitrogens with one attached hydrogen (secondary N) is 1. The van der Waals surface area contributed by atoms with Gasteiger partial charge in [0.25, 0.3) is 0 Å². The first-order valence-electron chi connectivity index (χ1n) is 5.60. The van der Waals surface area contributed by atoms with Crippen LogP contribution >= 0.6 is 11.8 Å². The van der Waals surface area contributed by atoms with Crippen LogP contribution in [0.15, 0.2) is 17.4 Å². The topological polar surface area (TPSA) is 47.0 Å². The normalized spacial score (nSPS) is 20.7. The molecule has 2 heterocycles. The molecule has 5 heteroatoms. The summed E-state index contributed by atoms with van der Waals surface area (Å²) in [5, 5.41) is 4.39. The Balaban J connectivity index is 1.83. The lowest BCUT2D eigenvalue weighted by Gasteiger charge is -2.23. The fraction of sp³-hybridized carbons (Fsp3) is 0.636. The van der Waals surface area contributed by atoms with Crippen molar-refractivity contribution in [2.45, 2.75) is 30.3 Å². The number of ether oxygens (including phenoxy) is 1. The third-order valence-corrected chi connectivity index (χ3v) is 3.31. The molecule has 1 fully saturated rings. The van der Waals surface area contributed by atoms with Gasteiger partial charge in [-0.3, -0.25) is 0 Å². The molecule has 0 saturated carbocycles. The van der Waals surface area contributed by atoms with Crippen molar-refractivity contribution in [2.75, 3.05) is 19.4 Å². The van der Waals surface area contributed by atoms with Crippen LogP contribution in [0.3, 0.4) is 0 Å². The quantitative estimate of drug-likeness (QED) is 0.640. The molecule has 1 aromatic rings. The highest BCUT2D eigenvalue weighted by Gasteiger charge is 2.13. The molecule has 4 nitrogen and oxygen atoms in total. The highest BCUT2D eigenvalue weighted by atomic mass is 32.2. The summed E-state index contributed by atoms with van der Waals surface area (Å²) < 4.78 is 5.66. The summed E-state index contributed by atoms with van der Waals surface area (Å²) in [7, 11) is 0. The first kappa shape index (κ1) is 11.7. The Morgan fingerprint density at radius 1 is 1.50 bits per heavy atom. The molecule has 0 bridgehead atoms. The summed E-state index contributed by atoms with van der Waals surface area (Å²) >= 11 is 1.60. The van der Waals surface area contributed by atoms with Gasteiger partial charge in [0, 0.05) is 12.1 Å². The molecule has 0 amide bonds. The second kappa shape index (κ2) is 6.06. The highest BCUT2D eigenvalue weighted by molar-refractivity contribution is 7.98. The second-order valence-electron chi connectivity index (χ2n) is 3.86. The molecule has 1 N–H and O–H groups in total. The summed E-state index contributed by atoms with van der Waals surface area (Å²) in [6, 6.07) is 2.36. The van der Waals surface area contributed by atoms with Gasteiger partial charge in [0.2, 0.25) is 5.88 Å². The molecule has 0 radical (unpaired) electrons. The Hall–Kier alpha value is -0.810. The molecule has 1 saturated heterocycles. The van der Waals surface area contributed by atoms with Crippen molar-refractivity contribution in [3.05, 3.63) is 12.4 Å². The summed E-state index contributed by atoms with van der Waals surface area (Å²) in [5.41, 5.74) is 0. The average Bonchev–Trinajstić information content (AvgIpc) is 2.38. The van der Waals surface area contributed by atoms with E-state index in [1.165, 1.54) is 19.3 Å². The van der Waals surface area contributed by atoms with Crippen LogP contribution in [0.4, 0.5) is 0 Å². The van der Waals surface area contributed by atoms with Crippen LogP contribution in [0.1, 0.15) is 19.3 Å². The summed E-state index contributed by atoms with van der Waals surface area (Å²) in [6.07, 6.45) is 7.31. The van der Waals surface area contributed by atoms with E-state index in [0.29, 0.717) is 18.5 Å². The fourth-order valence-corrected chi connectivity index (χ4v) is 2.14. The van der Waals surface area contributed by atoms with Crippen LogP contribution in [0.2, 0.25) is 0 Å². The Morgan fingerprint density at radius 3 is 3.19 bits per heavy atom. The van der Waals surface area contributed by atoms with Gasteiger partial charge in [-0.05, 0) is 25.6 Å². The van der Waals surface area contributed by atoms with E-state index >= 15 is 0 Å². The molecule has 88 valence electrons. The molecule has 1 atom stereocenters. The summed E-state index contributed by atoms with van der Waals surface area (Å²) in [6.45, 7) is 1.80. The van der Waals surface area contributed by atoms with Gasteiger partial charge < -0.3 is 10.1 Å². The zero-order valence-corrected chi connectivity index (χ0v) is 10.3. The van der Waals surface area contributed by atoms with E-state index < -0.39 is 0 Å². The summed E-state index contributed by atoms with van der Waals surface area (Å²) in [5.74, 6) is 0.673. The Morgan fingerprint density at radius 2 is 2.44 bits per heavy atom. The van der Waals surface area contributed by atoms with Crippen molar-refractivity contribution in [2.24, 2.45) is 0 Å². The largest absolute Gasteiger partial charge is 0.476 e. The lowest BCUT2D eigenvalue weighted by molar-refractivity contribution is 0.231. The van der Waals surface area contributed by atoms with Crippen LogP contribution in [-0.2, 0) is 0 Å². The van der Waals surface area contributed by atoms with E-state index in [0.717, 1.165) is 11.6 Å². The SMILES string of the molecule is CSc1cc(OCC2CCCCN2)ncn1. The molecule has 0 spiro atoms. The predicted molar refractivity (Wildman–Crippen MR) is 64.9 cm³/mol. The van der Waals surface area contributed by atoms with Crippen LogP contribution in [-0.4, -0.2) is 35.4 Å². The molecule has 0 aromatic carbocycles. The van der Waals surface area contributed by atoms with Crippen LogP contribution in [0.5, 0.6) is 5.88 Å². The van der Waals surface area contributed by atoms with E-state index in [2.05, 4.69) is 15.3 Å². The maximum atomic E-state index is 5.66. The number of rotatable bonds is 4. The van der Waals surface area contributed by atoms with Crippen molar-refractivity contribution >= 4 is 11.8 Å². The molecular formula is C11H17N3OS. The van der Waals surface area contributed by atoms with Gasteiger partial charge in [-0.15, -0.1) is 11.8 Å². The first-order chi connectivity index (χ1) is 7.88. The fourth-order valence-electron chi connectivity index (χ4n) is 1.77. The summed E-state index contributed by atoms with van der Waals surface area (Å²) in [4.78, 5) is 8.21. The average molecular weight is 239 g/mol. The van der Waals surface area contributed by atoms with Gasteiger partial charge in [0.1, 0.15) is 18.0 Å². The minimum Gasteiger partial charge on any atom is -0.476 e. The van der Waals surface area contributed by atoms with Crippen LogP contribution in [0, 0.1) is 0 Å². The zero-order chi connectivity index (χ0) is 11.2. The number of piperidine rings is 1. The van der Waals surface area contributed by atoms with E-state index in [1.807, 2.05) is 12.3 Å². The minimum absolute atomic E-state index is 0.474. The smallest absolute Gasteiger partial charge is 0.217 e. The Kier molecular flexibility index (Phi) is 4.42. The number of aromatic nitrogens is 2. The lowest BCUT2D eigenvalue weighted by atomic mass is 10.1. The maximum Gasteiger partial charge on any atom is 0.217 e. The number of hydrogen-bond acceptors (Lipinski definition) is 5. The van der Waals surface area contributed by atoms with E-state index in [4.69, 9.17) is 4.74 Å². The maximum absolute atomic E-state index is 5.66. The van der Waals surface area contributed by atoms with Crippen molar-refractivity contribution < 1.29 is 4.74 Å². The Bertz CT molecular complexity index is 329. The molecule has 16 heavy (non-hydrogen) atoms. The number of hydrogen-bond donors (Lipinski definition) is 1. The standard InChI is InChI=1S/C11H17N3OS/c1-16-11-6-10(13-8-14-11)15-7-9-4-2-3-5-12-9/h6,8-9,12H,2-5,7H2,1H3. The van der Waals surface area contributed by atoms with E-state index in [1.54, 1.807) is 18.1 Å². The second-order valence-corrected chi connectivity index (χ2v) is 4.68. The van der Waals surface area contributed by atoms with Crippen molar-refractivity contribution in [3.8, 4) is 5.88 Å². The van der Waals surface area contributed by atoms with Crippen molar-refractivity contribution in [3.63, 3.8) is 0 Å². The van der Waals surface area contributed by atoms with Gasteiger partial charge in [-0.25, -0.2) is 9.97 Å². The van der Waals surface area contributed by atoms with E-state index in [9.17, 15) is 0 Å². The van der Waals surface area contributed by atoms with Crippen molar-refractivity contribution in [1.82, 2.24) is 15.3 Å². The molecule has 1 aliphatic rings. The molecule has 1 unspecified atom stereocenters. The minimum atomic E-state index is 0.474. The highest BCUT2D eigenvalue weighted by Crippen LogP contribution is 2.16. The number of nitrogens with zero attached hydrogens (tertiary/aromatic N) is 2. The Labute approximate surface area is 100 Å². The van der Waals surface area contributed by atoms with Gasteiger partial charge in [0.15, 0.2) is 0 Å². The van der Waals surface area contributed by atoms with Gasteiger partial charge in [-0.1, -0.05) is 6.42 Å². The predicted octanol–water partition coefficient (Wildman–Crippen LogP) is 1.72. The molecule has 1 aromatic heterocycles. The number of thioether (sulfide) groups is 1. The van der Waals surface area contributed by atoms with Gasteiger partial charge in [-0.2, -0.15) is 0 Å². The third-order valence-electron chi connectivity index (χ3n) is 2.67. The third kappa shape index (κ3) is 3.35. The van der Waals surface area contributed by atoms with Crippen LogP contribution < -0.4 is 10.1 Å². The molecule has 2 rings (SSSR count). The molecule has 1 aliphatic heterocycles. The van der Waals surface area contributed by atoms with Gasteiger partial charge in [0.05, 0.1) is 0 Å². The van der Waals surface area contributed by atoms with Crippen LogP contribution in [0.25, 0.3) is 0 Å². The van der Waals surface area contributed by atoms with Gasteiger partial charge >= 0.3 is 0 Å². The zero-order valence-electron chi connectivity index (χ0n) is 9.48. The van der Waals surface area contributed by atoms with E-state index in [-0.39, 0.29) is 0 Å². The lowest BCUT2D eigenvalue weighted by Crippen LogP contribution is -2.38.